The van der Waals surface area contributed by atoms with Crippen LogP contribution < -0.4 is 10.0 Å². The highest BCUT2D eigenvalue weighted by atomic mass is 31.0. The Bertz CT molecular complexity index is 1390. The number of aliphatic hydroxyl groups excluding tert-OH is 1. The van der Waals surface area contributed by atoms with Crippen molar-refractivity contribution in [3.05, 3.63) is 72.3 Å². The number of rotatable bonds is 6. The average Bonchev–Trinajstić information content (AvgIpc) is 3.28. The van der Waals surface area contributed by atoms with E-state index in [9.17, 15) is 5.11 Å². The molecule has 3 unspecified atom stereocenters. The zero-order valence-corrected chi connectivity index (χ0v) is 22.2. The molecule has 2 heterocycles. The molecule has 0 spiro atoms. The van der Waals surface area contributed by atoms with Crippen molar-refractivity contribution in [1.82, 2.24) is 9.97 Å². The summed E-state index contributed by atoms with van der Waals surface area (Å²) in [7, 11) is 2.86. The second-order valence-corrected chi connectivity index (χ2v) is 10.2. The first-order valence-corrected chi connectivity index (χ1v) is 13.1. The molecule has 36 heavy (non-hydrogen) atoms. The SMILES string of the molecule is C=C(CC)c1ccc(-c2ccc(-c3c(C)cc4[nH]c(OC5CO[C@H](C)C(O)C5)nc4c3P)cc2)cc1. The first kappa shape index (κ1) is 24.7. The van der Waals surface area contributed by atoms with Gasteiger partial charge in [0.15, 0.2) is 0 Å². The number of nitrogens with one attached hydrogen (secondary N) is 1. The van der Waals surface area contributed by atoms with E-state index in [0.717, 1.165) is 45.0 Å². The third-order valence-corrected chi connectivity index (χ3v) is 7.65. The highest BCUT2D eigenvalue weighted by Gasteiger charge is 2.29. The summed E-state index contributed by atoms with van der Waals surface area (Å²) < 4.78 is 11.6. The van der Waals surface area contributed by atoms with Gasteiger partial charge in [-0.05, 0) is 65.3 Å². The smallest absolute Gasteiger partial charge is 0.294 e. The maximum Gasteiger partial charge on any atom is 0.294 e. The lowest BCUT2D eigenvalue weighted by atomic mass is 9.96. The van der Waals surface area contributed by atoms with E-state index in [1.165, 1.54) is 16.7 Å². The second-order valence-electron chi connectivity index (χ2n) is 9.61. The van der Waals surface area contributed by atoms with E-state index < -0.39 is 6.10 Å². The van der Waals surface area contributed by atoms with Gasteiger partial charge in [-0.2, -0.15) is 4.98 Å². The number of hydrogen-bond acceptors (Lipinski definition) is 4. The minimum absolute atomic E-state index is 0.170. The third kappa shape index (κ3) is 4.84. The molecule has 0 saturated carbocycles. The molecule has 0 radical (unpaired) electrons. The minimum atomic E-state index is -0.532. The molecule has 6 heteroatoms. The molecule has 1 aliphatic heterocycles. The molecule has 5 nitrogen and oxygen atoms in total. The standard InChI is InChI=1S/C30H33N2O3P/c1-5-17(2)20-6-8-21(9-7-20)22-10-12-23(13-11-22)27-18(3)14-25-28(29(27)36)32-30(31-25)35-24-15-26(33)19(4)34-16-24/h6-14,19,24,26,33H,2,5,15-16,36H2,1,3-4H3,(H,31,32)/t19-,24?,26?/m1/s1. The van der Waals surface area contributed by atoms with Crippen molar-refractivity contribution >= 4 is 31.2 Å². The highest BCUT2D eigenvalue weighted by molar-refractivity contribution is 7.29. The quantitative estimate of drug-likeness (QED) is 0.317. The number of H-pyrrole nitrogens is 1. The first-order valence-electron chi connectivity index (χ1n) is 12.5. The van der Waals surface area contributed by atoms with E-state index in [0.29, 0.717) is 19.0 Å². The van der Waals surface area contributed by atoms with Crippen molar-refractivity contribution in [2.45, 2.75) is 51.9 Å². The normalized spacial score (nSPS) is 20.0. The van der Waals surface area contributed by atoms with Crippen LogP contribution in [0.25, 0.3) is 38.9 Å². The van der Waals surface area contributed by atoms with Crippen molar-refractivity contribution in [1.29, 1.82) is 0 Å². The van der Waals surface area contributed by atoms with Crippen LogP contribution in [0.4, 0.5) is 0 Å². The van der Waals surface area contributed by atoms with Crippen LogP contribution in [0.2, 0.25) is 0 Å². The number of imidazole rings is 1. The Morgan fingerprint density at radius 1 is 1.14 bits per heavy atom. The number of aryl methyl sites for hydroxylation is 1. The summed E-state index contributed by atoms with van der Waals surface area (Å²) in [5.74, 6) is 0. The fraction of sp³-hybridized carbons (Fsp3) is 0.300. The molecule has 4 aromatic rings. The van der Waals surface area contributed by atoms with Crippen molar-refractivity contribution in [3.63, 3.8) is 0 Å². The predicted octanol–water partition coefficient (Wildman–Crippen LogP) is 6.05. The van der Waals surface area contributed by atoms with Gasteiger partial charge in [0.2, 0.25) is 0 Å². The Labute approximate surface area is 214 Å². The van der Waals surface area contributed by atoms with E-state index in [1.807, 2.05) is 6.92 Å². The molecule has 1 saturated heterocycles. The van der Waals surface area contributed by atoms with E-state index in [4.69, 9.17) is 14.5 Å². The number of fused-ring (bicyclic) bond motifs is 1. The van der Waals surface area contributed by atoms with Crippen LogP contribution in [0.5, 0.6) is 6.01 Å². The molecule has 0 aliphatic carbocycles. The van der Waals surface area contributed by atoms with Crippen LogP contribution in [0.1, 0.15) is 37.8 Å². The second kappa shape index (κ2) is 10.2. The van der Waals surface area contributed by atoms with Crippen LogP contribution >= 0.6 is 9.24 Å². The fourth-order valence-corrected chi connectivity index (χ4v) is 5.42. The zero-order valence-electron chi connectivity index (χ0n) is 21.0. The Kier molecular flexibility index (Phi) is 6.98. The van der Waals surface area contributed by atoms with Crippen LogP contribution in [0.15, 0.2) is 61.2 Å². The van der Waals surface area contributed by atoms with Gasteiger partial charge in [0.05, 0.1) is 29.8 Å². The van der Waals surface area contributed by atoms with E-state index in [2.05, 4.69) is 89.2 Å². The van der Waals surface area contributed by atoms with Crippen molar-refractivity contribution in [2.24, 2.45) is 0 Å². The van der Waals surface area contributed by atoms with Crippen LogP contribution in [-0.2, 0) is 4.74 Å². The molecule has 0 bridgehead atoms. The monoisotopic (exact) mass is 500 g/mol. The lowest BCUT2D eigenvalue weighted by Crippen LogP contribution is -2.41. The van der Waals surface area contributed by atoms with Gasteiger partial charge < -0.3 is 19.6 Å². The van der Waals surface area contributed by atoms with E-state index >= 15 is 0 Å². The van der Waals surface area contributed by atoms with Crippen LogP contribution in [-0.4, -0.2) is 40.0 Å². The number of aromatic amines is 1. The summed E-state index contributed by atoms with van der Waals surface area (Å²) in [6, 6.07) is 19.8. The molecular formula is C30H33N2O3P. The number of allylic oxidation sites excluding steroid dienone is 1. The van der Waals surface area contributed by atoms with Crippen molar-refractivity contribution in [3.8, 4) is 28.3 Å². The van der Waals surface area contributed by atoms with Gasteiger partial charge in [-0.3, -0.25) is 0 Å². The Balaban J connectivity index is 1.40. The maximum absolute atomic E-state index is 10.1. The highest BCUT2D eigenvalue weighted by Crippen LogP contribution is 2.31. The third-order valence-electron chi connectivity index (χ3n) is 7.09. The summed E-state index contributed by atoms with van der Waals surface area (Å²) in [6.45, 7) is 10.7. The molecule has 2 N–H and O–H groups in total. The molecule has 186 valence electrons. The molecule has 5 rings (SSSR count). The number of nitrogens with zero attached hydrogens (tertiary/aromatic N) is 1. The maximum atomic E-state index is 10.1. The van der Waals surface area contributed by atoms with Gasteiger partial charge in [-0.1, -0.05) is 62.0 Å². The van der Waals surface area contributed by atoms with Gasteiger partial charge in [-0.15, -0.1) is 9.24 Å². The lowest BCUT2D eigenvalue weighted by Gasteiger charge is -2.30. The van der Waals surface area contributed by atoms with Crippen molar-refractivity contribution in [2.75, 3.05) is 6.61 Å². The van der Waals surface area contributed by atoms with Gasteiger partial charge in [0, 0.05) is 11.7 Å². The molecule has 0 amide bonds. The summed E-state index contributed by atoms with van der Waals surface area (Å²) >= 11 is 0. The fourth-order valence-electron chi connectivity index (χ4n) is 4.80. The van der Waals surface area contributed by atoms with E-state index in [1.54, 1.807) is 0 Å². The largest absolute Gasteiger partial charge is 0.459 e. The lowest BCUT2D eigenvalue weighted by molar-refractivity contribution is -0.109. The van der Waals surface area contributed by atoms with Gasteiger partial charge in [0.1, 0.15) is 6.10 Å². The van der Waals surface area contributed by atoms with Gasteiger partial charge in [0.25, 0.3) is 6.01 Å². The number of hydrogen-bond donors (Lipinski definition) is 2. The van der Waals surface area contributed by atoms with Gasteiger partial charge in [-0.25, -0.2) is 0 Å². The molecule has 3 aromatic carbocycles. The zero-order chi connectivity index (χ0) is 25.4. The average molecular weight is 501 g/mol. The Morgan fingerprint density at radius 3 is 2.42 bits per heavy atom. The number of benzene rings is 3. The summed E-state index contributed by atoms with van der Waals surface area (Å²) in [6.07, 6.45) is 0.550. The topological polar surface area (TPSA) is 67.4 Å². The number of aromatic nitrogens is 2. The van der Waals surface area contributed by atoms with E-state index in [-0.39, 0.29) is 12.2 Å². The van der Waals surface area contributed by atoms with Crippen LogP contribution in [0, 0.1) is 6.92 Å². The first-order chi connectivity index (χ1) is 17.3. The summed E-state index contributed by atoms with van der Waals surface area (Å²) in [5.41, 5.74) is 9.94. The molecular weight excluding hydrogens is 467 g/mol. The van der Waals surface area contributed by atoms with Gasteiger partial charge >= 0.3 is 0 Å². The van der Waals surface area contributed by atoms with Crippen LogP contribution in [0.3, 0.4) is 0 Å². The van der Waals surface area contributed by atoms with Crippen molar-refractivity contribution < 1.29 is 14.6 Å². The Hall–Kier alpha value is -2.98. The molecule has 4 atom stereocenters. The Morgan fingerprint density at radius 2 is 1.78 bits per heavy atom. The molecule has 1 aliphatic rings. The molecule has 1 fully saturated rings. The number of aliphatic hydroxyl groups is 1. The number of ether oxygens (including phenoxy) is 2. The molecule has 1 aromatic heterocycles. The predicted molar refractivity (Wildman–Crippen MR) is 151 cm³/mol. The summed E-state index contributed by atoms with van der Waals surface area (Å²) in [4.78, 5) is 8.02. The minimum Gasteiger partial charge on any atom is -0.459 e. The summed E-state index contributed by atoms with van der Waals surface area (Å²) in [5, 5.41) is 11.1.